The van der Waals surface area contributed by atoms with Crippen LogP contribution in [0, 0.1) is 17.1 Å². The van der Waals surface area contributed by atoms with E-state index in [4.69, 9.17) is 10.00 Å². The number of thiophene rings is 1. The van der Waals surface area contributed by atoms with Crippen molar-refractivity contribution in [2.45, 2.75) is 19.3 Å². The molecule has 0 atom stereocenters. The van der Waals surface area contributed by atoms with Gasteiger partial charge in [-0.1, -0.05) is 18.2 Å². The number of fused-ring (bicyclic) bond motifs is 1. The van der Waals surface area contributed by atoms with Gasteiger partial charge in [0.1, 0.15) is 12.4 Å². The van der Waals surface area contributed by atoms with E-state index in [1.807, 2.05) is 6.07 Å². The first-order valence-electron chi connectivity index (χ1n) is 8.77. The van der Waals surface area contributed by atoms with Crippen LogP contribution in [-0.2, 0) is 17.9 Å². The van der Waals surface area contributed by atoms with Crippen LogP contribution in [0.1, 0.15) is 26.4 Å². The SMILES string of the molecule is COCc1c(C(=O)N(Cc2ccc(C#N)cc2)CC(F)(F)F)sc2cccc(F)c12. The molecule has 3 rings (SSSR count). The van der Waals surface area contributed by atoms with Gasteiger partial charge in [0.25, 0.3) is 5.91 Å². The van der Waals surface area contributed by atoms with E-state index in [-0.39, 0.29) is 29.0 Å². The van der Waals surface area contributed by atoms with Gasteiger partial charge in [-0.05, 0) is 29.8 Å². The van der Waals surface area contributed by atoms with Gasteiger partial charge in [-0.2, -0.15) is 18.4 Å². The van der Waals surface area contributed by atoms with Gasteiger partial charge in [0.15, 0.2) is 0 Å². The number of nitriles is 1. The first kappa shape index (κ1) is 21.7. The Labute approximate surface area is 173 Å². The number of amides is 1. The number of methoxy groups -OCH3 is 1. The molecule has 1 aromatic heterocycles. The van der Waals surface area contributed by atoms with E-state index in [2.05, 4.69) is 0 Å². The predicted molar refractivity (Wildman–Crippen MR) is 104 cm³/mol. The highest BCUT2D eigenvalue weighted by Gasteiger charge is 2.35. The van der Waals surface area contributed by atoms with Crippen LogP contribution in [0.2, 0.25) is 0 Å². The minimum Gasteiger partial charge on any atom is -0.380 e. The monoisotopic (exact) mass is 436 g/mol. The van der Waals surface area contributed by atoms with Crippen molar-refractivity contribution < 1.29 is 27.1 Å². The Morgan fingerprint density at radius 2 is 1.90 bits per heavy atom. The van der Waals surface area contributed by atoms with Gasteiger partial charge in [0.2, 0.25) is 0 Å². The Balaban J connectivity index is 2.03. The van der Waals surface area contributed by atoms with Crippen LogP contribution in [0.3, 0.4) is 0 Å². The van der Waals surface area contributed by atoms with E-state index in [0.29, 0.717) is 20.7 Å². The standard InChI is InChI=1S/C21H16F4N2O2S/c1-29-11-15-18-16(22)3-2-4-17(18)30-19(15)20(28)27(12-21(23,24)25)10-14-7-5-13(9-26)6-8-14/h2-8H,10-12H2,1H3. The van der Waals surface area contributed by atoms with Gasteiger partial charge in [-0.3, -0.25) is 4.79 Å². The van der Waals surface area contributed by atoms with Crippen molar-refractivity contribution in [3.05, 3.63) is 69.8 Å². The normalized spacial score (nSPS) is 11.5. The molecule has 0 aliphatic rings. The third-order valence-corrected chi connectivity index (χ3v) is 5.55. The molecule has 1 heterocycles. The van der Waals surface area contributed by atoms with Gasteiger partial charge in [-0.25, -0.2) is 4.39 Å². The fourth-order valence-corrected chi connectivity index (χ4v) is 4.28. The van der Waals surface area contributed by atoms with Crippen LogP contribution in [0.25, 0.3) is 10.1 Å². The molecule has 0 aliphatic heterocycles. The largest absolute Gasteiger partial charge is 0.406 e. The second-order valence-electron chi connectivity index (χ2n) is 6.54. The highest BCUT2D eigenvalue weighted by Crippen LogP contribution is 2.35. The Morgan fingerprint density at radius 3 is 2.50 bits per heavy atom. The van der Waals surface area contributed by atoms with Gasteiger partial charge in [0.05, 0.1) is 23.1 Å². The Morgan fingerprint density at radius 1 is 1.20 bits per heavy atom. The zero-order valence-corrected chi connectivity index (χ0v) is 16.6. The number of ether oxygens (including phenoxy) is 1. The van der Waals surface area contributed by atoms with E-state index < -0.39 is 24.4 Å². The van der Waals surface area contributed by atoms with Crippen LogP contribution in [-0.4, -0.2) is 30.6 Å². The van der Waals surface area contributed by atoms with E-state index in [0.717, 1.165) is 11.3 Å². The van der Waals surface area contributed by atoms with E-state index in [1.165, 1.54) is 43.5 Å². The van der Waals surface area contributed by atoms with Crippen LogP contribution in [0.15, 0.2) is 42.5 Å². The molecular formula is C21H16F4N2O2S. The molecule has 0 saturated heterocycles. The number of halogens is 4. The molecular weight excluding hydrogens is 420 g/mol. The molecule has 0 saturated carbocycles. The van der Waals surface area contributed by atoms with Crippen LogP contribution in [0.4, 0.5) is 17.6 Å². The van der Waals surface area contributed by atoms with Gasteiger partial charge in [-0.15, -0.1) is 11.3 Å². The van der Waals surface area contributed by atoms with Crippen molar-refractivity contribution >= 4 is 27.3 Å². The molecule has 0 fully saturated rings. The topological polar surface area (TPSA) is 53.3 Å². The predicted octanol–water partition coefficient (Wildman–Crippen LogP) is 5.26. The highest BCUT2D eigenvalue weighted by molar-refractivity contribution is 7.21. The molecule has 0 radical (unpaired) electrons. The van der Waals surface area contributed by atoms with Crippen molar-refractivity contribution in [1.29, 1.82) is 5.26 Å². The molecule has 0 unspecified atom stereocenters. The number of hydrogen-bond donors (Lipinski definition) is 0. The fourth-order valence-electron chi connectivity index (χ4n) is 3.09. The summed E-state index contributed by atoms with van der Waals surface area (Å²) in [5.74, 6) is -1.42. The highest BCUT2D eigenvalue weighted by atomic mass is 32.1. The first-order chi connectivity index (χ1) is 14.2. The first-order valence-corrected chi connectivity index (χ1v) is 9.59. The molecule has 0 N–H and O–H groups in total. The molecule has 30 heavy (non-hydrogen) atoms. The summed E-state index contributed by atoms with van der Waals surface area (Å²) in [6.07, 6.45) is -4.62. The maximum absolute atomic E-state index is 14.4. The summed E-state index contributed by atoms with van der Waals surface area (Å²) in [6, 6.07) is 12.2. The van der Waals surface area contributed by atoms with E-state index >= 15 is 0 Å². The molecule has 156 valence electrons. The number of rotatable bonds is 6. The Bertz CT molecular complexity index is 1100. The van der Waals surface area contributed by atoms with Crippen molar-refractivity contribution in [1.82, 2.24) is 4.90 Å². The van der Waals surface area contributed by atoms with E-state index in [1.54, 1.807) is 6.07 Å². The fraction of sp³-hybridized carbons (Fsp3) is 0.238. The number of nitrogens with zero attached hydrogens (tertiary/aromatic N) is 2. The van der Waals surface area contributed by atoms with Crippen molar-refractivity contribution in [3.8, 4) is 6.07 Å². The Kier molecular flexibility index (Phi) is 6.39. The van der Waals surface area contributed by atoms with Crippen LogP contribution >= 0.6 is 11.3 Å². The summed E-state index contributed by atoms with van der Waals surface area (Å²) in [6.45, 7) is -1.89. The number of benzene rings is 2. The second kappa shape index (κ2) is 8.81. The summed E-state index contributed by atoms with van der Waals surface area (Å²) in [5.41, 5.74) is 1.02. The summed E-state index contributed by atoms with van der Waals surface area (Å²) in [7, 11) is 1.36. The third-order valence-electron chi connectivity index (χ3n) is 4.36. The maximum atomic E-state index is 14.4. The third kappa shape index (κ3) is 4.78. The van der Waals surface area contributed by atoms with Crippen molar-refractivity contribution in [2.75, 3.05) is 13.7 Å². The quantitative estimate of drug-likeness (QED) is 0.495. The van der Waals surface area contributed by atoms with Gasteiger partial charge < -0.3 is 9.64 Å². The lowest BCUT2D eigenvalue weighted by Crippen LogP contribution is -2.38. The van der Waals surface area contributed by atoms with Crippen molar-refractivity contribution in [3.63, 3.8) is 0 Å². The van der Waals surface area contributed by atoms with Crippen molar-refractivity contribution in [2.24, 2.45) is 0 Å². The minimum absolute atomic E-state index is 0.00912. The molecule has 3 aromatic rings. The maximum Gasteiger partial charge on any atom is 0.406 e. The minimum atomic E-state index is -4.62. The zero-order chi connectivity index (χ0) is 21.9. The summed E-state index contributed by atoms with van der Waals surface area (Å²) in [5, 5.41) is 9.05. The molecule has 0 bridgehead atoms. The van der Waals surface area contributed by atoms with Gasteiger partial charge in [0, 0.05) is 29.3 Å². The molecule has 4 nitrogen and oxygen atoms in total. The van der Waals surface area contributed by atoms with Gasteiger partial charge >= 0.3 is 6.18 Å². The van der Waals surface area contributed by atoms with Crippen LogP contribution in [0.5, 0.6) is 0 Å². The average Bonchev–Trinajstić information content (AvgIpc) is 3.06. The summed E-state index contributed by atoms with van der Waals surface area (Å²) >= 11 is 0.935. The molecule has 9 heteroatoms. The number of alkyl halides is 3. The second-order valence-corrected chi connectivity index (χ2v) is 7.59. The lowest BCUT2D eigenvalue weighted by atomic mass is 10.1. The Hall–Kier alpha value is -2.96. The van der Waals surface area contributed by atoms with Crippen LogP contribution < -0.4 is 0 Å². The molecule has 2 aromatic carbocycles. The lowest BCUT2D eigenvalue weighted by molar-refractivity contribution is -0.141. The average molecular weight is 436 g/mol. The number of hydrogen-bond acceptors (Lipinski definition) is 4. The number of carbonyl (C=O) groups is 1. The summed E-state index contributed by atoms with van der Waals surface area (Å²) in [4.78, 5) is 13.8. The molecule has 0 spiro atoms. The van der Waals surface area contributed by atoms with E-state index in [9.17, 15) is 22.4 Å². The zero-order valence-electron chi connectivity index (χ0n) is 15.8. The smallest absolute Gasteiger partial charge is 0.380 e. The number of carbonyl (C=O) groups excluding carboxylic acids is 1. The lowest BCUT2D eigenvalue weighted by Gasteiger charge is -2.24. The molecule has 0 aliphatic carbocycles. The summed E-state index contributed by atoms with van der Waals surface area (Å²) < 4.78 is 59.5. The molecule has 1 amide bonds.